The monoisotopic (exact) mass is 468 g/mol. The second-order valence-electron chi connectivity index (χ2n) is 5.60. The van der Waals surface area contributed by atoms with Gasteiger partial charge in [0, 0.05) is 23.2 Å². The van der Waals surface area contributed by atoms with Crippen molar-refractivity contribution in [3.63, 3.8) is 0 Å². The van der Waals surface area contributed by atoms with Crippen LogP contribution >= 0.6 is 34.7 Å². The Labute approximate surface area is 171 Å². The van der Waals surface area contributed by atoms with E-state index in [9.17, 15) is 21.6 Å². The highest BCUT2D eigenvalue weighted by Gasteiger charge is 2.37. The van der Waals surface area contributed by atoms with E-state index in [-0.39, 0.29) is 21.6 Å². The Morgan fingerprint density at radius 1 is 1.21 bits per heavy atom. The number of hydrogen-bond donors (Lipinski definition) is 0. The van der Waals surface area contributed by atoms with Gasteiger partial charge in [0.05, 0.1) is 10.6 Å². The maximum Gasteiger partial charge on any atom is 0.451 e. The summed E-state index contributed by atoms with van der Waals surface area (Å²) >= 11 is 7.97. The molecule has 3 aromatic rings. The van der Waals surface area contributed by atoms with Crippen LogP contribution in [0.25, 0.3) is 0 Å². The van der Waals surface area contributed by atoms with Crippen molar-refractivity contribution in [2.75, 3.05) is 0 Å². The third kappa shape index (κ3) is 4.85. The highest BCUT2D eigenvalue weighted by molar-refractivity contribution is 7.98. The summed E-state index contributed by atoms with van der Waals surface area (Å²) < 4.78 is 64.0. The van der Waals surface area contributed by atoms with Crippen LogP contribution in [0.5, 0.6) is 0 Å². The fourth-order valence-electron chi connectivity index (χ4n) is 2.20. The van der Waals surface area contributed by atoms with E-state index < -0.39 is 21.8 Å². The average Bonchev–Trinajstić information content (AvgIpc) is 3.19. The van der Waals surface area contributed by atoms with E-state index in [2.05, 4.69) is 15.2 Å². The van der Waals surface area contributed by atoms with Crippen LogP contribution in [-0.4, -0.2) is 28.2 Å². The van der Waals surface area contributed by atoms with E-state index in [1.54, 1.807) is 5.38 Å². The quantitative estimate of drug-likeness (QED) is 0.504. The number of sulfone groups is 1. The van der Waals surface area contributed by atoms with Crippen LogP contribution in [-0.2, 0) is 34.6 Å². The molecule has 0 amide bonds. The van der Waals surface area contributed by atoms with Crippen molar-refractivity contribution in [3.8, 4) is 0 Å². The summed E-state index contributed by atoms with van der Waals surface area (Å²) in [5, 5.41) is 9.27. The first-order valence-electron chi connectivity index (χ1n) is 7.57. The molecule has 13 heteroatoms. The van der Waals surface area contributed by atoms with Gasteiger partial charge in [-0.1, -0.05) is 23.4 Å². The number of thioether (sulfide) groups is 1. The fraction of sp³-hybridized carbons (Fsp3) is 0.267. The maximum absolute atomic E-state index is 12.7. The van der Waals surface area contributed by atoms with Gasteiger partial charge in [0.2, 0.25) is 5.82 Å². The first kappa shape index (κ1) is 21.1. The molecule has 2 heterocycles. The van der Waals surface area contributed by atoms with E-state index in [0.29, 0.717) is 15.7 Å². The number of halogens is 4. The first-order valence-corrected chi connectivity index (χ1v) is 11.5. The van der Waals surface area contributed by atoms with E-state index in [0.717, 1.165) is 16.3 Å². The number of aromatic nitrogens is 4. The van der Waals surface area contributed by atoms with Crippen LogP contribution in [0.2, 0.25) is 5.02 Å². The molecule has 3 rings (SSSR count). The van der Waals surface area contributed by atoms with Gasteiger partial charge in [-0.3, -0.25) is 0 Å². The zero-order valence-electron chi connectivity index (χ0n) is 14.1. The van der Waals surface area contributed by atoms with Gasteiger partial charge in [-0.15, -0.1) is 21.5 Å². The first-order chi connectivity index (χ1) is 13.1. The molecule has 2 aromatic heterocycles. The summed E-state index contributed by atoms with van der Waals surface area (Å²) in [5.41, 5.74) is 0.549. The summed E-state index contributed by atoms with van der Waals surface area (Å²) in [6.07, 6.45) is -4.58. The number of nitrogens with zero attached hydrogens (tertiary/aromatic N) is 4. The molecule has 0 aliphatic rings. The Bertz CT molecular complexity index is 1080. The normalized spacial score (nSPS) is 12.5. The maximum atomic E-state index is 12.7. The number of alkyl halides is 3. The van der Waals surface area contributed by atoms with Crippen LogP contribution in [0.15, 0.2) is 39.7 Å². The molecular weight excluding hydrogens is 457 g/mol. The Morgan fingerprint density at radius 3 is 2.50 bits per heavy atom. The molecule has 0 unspecified atom stereocenters. The summed E-state index contributed by atoms with van der Waals surface area (Å²) in [6.45, 7) is 0. The highest BCUT2D eigenvalue weighted by atomic mass is 35.5. The molecule has 0 aliphatic heterocycles. The van der Waals surface area contributed by atoms with Crippen LogP contribution in [0.4, 0.5) is 13.2 Å². The van der Waals surface area contributed by atoms with Crippen LogP contribution in [0.1, 0.15) is 16.5 Å². The predicted molar refractivity (Wildman–Crippen MR) is 100 cm³/mol. The Kier molecular flexibility index (Phi) is 6.03. The van der Waals surface area contributed by atoms with E-state index in [1.165, 1.54) is 42.6 Å². The molecule has 6 nitrogen and oxygen atoms in total. The molecule has 28 heavy (non-hydrogen) atoms. The number of rotatable bonds is 6. The molecule has 0 spiro atoms. The molecule has 1 aromatic carbocycles. The van der Waals surface area contributed by atoms with Gasteiger partial charge in [-0.25, -0.2) is 13.4 Å². The SMILES string of the molecule is Cn1c(SCc2csc(CS(=O)(=O)c3ccc(Cl)cc3)n2)nnc1C(F)(F)F. The Hall–Kier alpha value is -1.63. The van der Waals surface area contributed by atoms with Crippen LogP contribution < -0.4 is 0 Å². The van der Waals surface area contributed by atoms with Crippen molar-refractivity contribution in [3.05, 3.63) is 51.2 Å². The number of hydrogen-bond acceptors (Lipinski definition) is 7. The van der Waals surface area contributed by atoms with Crippen LogP contribution in [0, 0.1) is 0 Å². The second-order valence-corrected chi connectivity index (χ2v) is 9.91. The van der Waals surface area contributed by atoms with Crippen molar-refractivity contribution in [2.45, 2.75) is 27.7 Å². The van der Waals surface area contributed by atoms with Crippen molar-refractivity contribution in [2.24, 2.45) is 7.05 Å². The summed E-state index contributed by atoms with van der Waals surface area (Å²) in [5.74, 6) is -1.11. The Morgan fingerprint density at radius 2 is 1.89 bits per heavy atom. The minimum absolute atomic E-state index is 0.0932. The zero-order chi connectivity index (χ0) is 20.5. The molecule has 0 N–H and O–H groups in total. The van der Waals surface area contributed by atoms with Crippen molar-refractivity contribution in [1.82, 2.24) is 19.7 Å². The largest absolute Gasteiger partial charge is 0.451 e. The fourth-order valence-corrected chi connectivity index (χ4v) is 5.65. The number of benzene rings is 1. The summed E-state index contributed by atoms with van der Waals surface area (Å²) in [7, 11) is -2.34. The Balaban J connectivity index is 1.66. The number of thiazole rings is 1. The van der Waals surface area contributed by atoms with Gasteiger partial charge >= 0.3 is 6.18 Å². The lowest BCUT2D eigenvalue weighted by atomic mass is 10.4. The standard InChI is InChI=1S/C15H12ClF3N4O2S3/c1-23-13(15(17,18)19)21-22-14(23)27-7-10-6-26-12(20-10)8-28(24,25)11-4-2-9(16)3-5-11/h2-6H,7-8H2,1H3. The molecule has 0 fully saturated rings. The third-order valence-electron chi connectivity index (χ3n) is 3.52. The lowest BCUT2D eigenvalue weighted by molar-refractivity contribution is -0.147. The van der Waals surface area contributed by atoms with Gasteiger partial charge in [0.15, 0.2) is 15.0 Å². The zero-order valence-corrected chi connectivity index (χ0v) is 17.3. The van der Waals surface area contributed by atoms with E-state index in [1.807, 2.05) is 0 Å². The second kappa shape index (κ2) is 8.01. The highest BCUT2D eigenvalue weighted by Crippen LogP contribution is 2.31. The van der Waals surface area contributed by atoms with Crippen molar-refractivity contribution < 1.29 is 21.6 Å². The third-order valence-corrected chi connectivity index (χ3v) is 7.55. The van der Waals surface area contributed by atoms with Gasteiger partial charge in [0.1, 0.15) is 10.8 Å². The van der Waals surface area contributed by atoms with Gasteiger partial charge in [-0.05, 0) is 24.3 Å². The molecule has 0 saturated heterocycles. The van der Waals surface area contributed by atoms with Gasteiger partial charge in [0.25, 0.3) is 0 Å². The summed E-state index contributed by atoms with van der Waals surface area (Å²) in [6, 6.07) is 5.84. The van der Waals surface area contributed by atoms with Gasteiger partial charge in [-0.2, -0.15) is 13.2 Å². The molecule has 0 bridgehead atoms. The predicted octanol–water partition coefficient (Wildman–Crippen LogP) is 4.21. The minimum Gasteiger partial charge on any atom is -0.302 e. The smallest absolute Gasteiger partial charge is 0.302 e. The molecule has 0 atom stereocenters. The van der Waals surface area contributed by atoms with Crippen LogP contribution in [0.3, 0.4) is 0 Å². The van der Waals surface area contributed by atoms with E-state index in [4.69, 9.17) is 11.6 Å². The molecular formula is C15H12ClF3N4O2S3. The van der Waals surface area contributed by atoms with Gasteiger partial charge < -0.3 is 4.57 Å². The minimum atomic E-state index is -4.58. The lowest BCUT2D eigenvalue weighted by Crippen LogP contribution is -2.12. The van der Waals surface area contributed by atoms with E-state index >= 15 is 0 Å². The molecule has 0 radical (unpaired) electrons. The topological polar surface area (TPSA) is 77.7 Å². The molecule has 150 valence electrons. The summed E-state index contributed by atoms with van der Waals surface area (Å²) in [4.78, 5) is 4.39. The lowest BCUT2D eigenvalue weighted by Gasteiger charge is -2.05. The van der Waals surface area contributed by atoms with Crippen molar-refractivity contribution >= 4 is 44.5 Å². The molecule has 0 aliphatic carbocycles. The van der Waals surface area contributed by atoms with Crippen molar-refractivity contribution in [1.29, 1.82) is 0 Å². The average molecular weight is 469 g/mol. The molecule has 0 saturated carbocycles.